The van der Waals surface area contributed by atoms with Crippen LogP contribution in [0, 0.1) is 0 Å². The van der Waals surface area contributed by atoms with Gasteiger partial charge in [-0.1, -0.05) is 14.4 Å². The van der Waals surface area contributed by atoms with E-state index in [-0.39, 0.29) is 7.43 Å². The molecule has 0 saturated carbocycles. The van der Waals surface area contributed by atoms with Crippen LogP contribution in [-0.4, -0.2) is 29.5 Å². The van der Waals surface area contributed by atoms with Crippen molar-refractivity contribution in [3.8, 4) is 0 Å². The zero-order valence-corrected chi connectivity index (χ0v) is 7.86. The maximum absolute atomic E-state index is 9.26. The summed E-state index contributed by atoms with van der Waals surface area (Å²) < 4.78 is 20.5. The fourth-order valence-electron chi connectivity index (χ4n) is 0.204. The zero-order valence-electron chi connectivity index (χ0n) is 7.05. The molecule has 1 atom stereocenters. The molecule has 78 valence electrons. The Morgan fingerprint density at radius 3 is 2.00 bits per heavy atom. The third-order valence-electron chi connectivity index (χ3n) is 0.617. The molecule has 0 aliphatic carbocycles. The van der Waals surface area contributed by atoms with Crippen molar-refractivity contribution < 1.29 is 13.6 Å². The van der Waals surface area contributed by atoms with Gasteiger partial charge in [0.25, 0.3) is 0 Å². The summed E-state index contributed by atoms with van der Waals surface area (Å²) in [5.74, 6) is 0. The number of nitrogens with one attached hydrogen (secondary N) is 2. The Kier molecular flexibility index (Phi) is 25.7. The van der Waals surface area contributed by atoms with E-state index in [1.807, 2.05) is 4.72 Å². The van der Waals surface area contributed by atoms with Gasteiger partial charge in [0.15, 0.2) is 0 Å². The molecular formula is C6H19N2O3S-. The van der Waals surface area contributed by atoms with Crippen LogP contribution < -0.4 is 10.2 Å². The molecule has 0 saturated heterocycles. The second-order valence-corrected chi connectivity index (χ2v) is 2.37. The Balaban J connectivity index is -0.000000126. The zero-order chi connectivity index (χ0) is 9.11. The maximum Gasteiger partial charge on any atom is 0.0679 e. The van der Waals surface area contributed by atoms with Gasteiger partial charge in [0, 0.05) is 18.3 Å². The Morgan fingerprint density at radius 1 is 1.50 bits per heavy atom. The van der Waals surface area contributed by atoms with Crippen molar-refractivity contribution >= 4 is 11.3 Å². The molecular weight excluding hydrogens is 180 g/mol. The molecule has 0 aliphatic rings. The molecule has 0 fully saturated rings. The molecule has 0 aromatic heterocycles. The normalized spacial score (nSPS) is 10.7. The third-order valence-corrected chi connectivity index (χ3v) is 0.951. The quantitative estimate of drug-likeness (QED) is 0.385. The van der Waals surface area contributed by atoms with Crippen molar-refractivity contribution in [2.24, 2.45) is 0 Å². The van der Waals surface area contributed by atoms with Gasteiger partial charge < -0.3 is 9.39 Å². The molecule has 0 aromatic carbocycles. The first kappa shape index (κ1) is 17.9. The number of hydroxylamine groups is 1. The molecule has 12 heavy (non-hydrogen) atoms. The van der Waals surface area contributed by atoms with Gasteiger partial charge >= 0.3 is 0 Å². The van der Waals surface area contributed by atoms with Gasteiger partial charge in [-0.3, -0.25) is 8.93 Å². The summed E-state index contributed by atoms with van der Waals surface area (Å²) in [6.45, 7) is 2.87. The van der Waals surface area contributed by atoms with Gasteiger partial charge in [0.2, 0.25) is 0 Å². The molecule has 0 amide bonds. The highest BCUT2D eigenvalue weighted by molar-refractivity contribution is 7.77. The minimum atomic E-state index is -2.07. The van der Waals surface area contributed by atoms with Crippen molar-refractivity contribution in [2.75, 3.05) is 20.7 Å². The molecule has 5 nitrogen and oxygen atoms in total. The van der Waals surface area contributed by atoms with Gasteiger partial charge in [-0.05, 0) is 13.5 Å². The van der Waals surface area contributed by atoms with E-state index in [1.165, 1.54) is 7.05 Å². The first-order valence-electron chi connectivity index (χ1n) is 3.24. The number of hydrogen-bond donors (Lipinski definition) is 2. The Morgan fingerprint density at radius 2 is 1.92 bits per heavy atom. The fourth-order valence-corrected chi connectivity index (χ4v) is 0.204. The van der Waals surface area contributed by atoms with E-state index in [2.05, 4.69) is 12.4 Å². The van der Waals surface area contributed by atoms with Crippen LogP contribution in [0.5, 0.6) is 0 Å². The molecule has 0 spiro atoms. The summed E-state index contributed by atoms with van der Waals surface area (Å²) in [4.78, 5) is 4.73. The topological polar surface area (TPSA) is 73.4 Å². The monoisotopic (exact) mass is 199 g/mol. The SMILES string of the molecule is C.CCCONC.CNS(=O)[O-]. The Hall–Kier alpha value is -0.0100. The van der Waals surface area contributed by atoms with Crippen LogP contribution in [-0.2, 0) is 16.1 Å². The molecule has 0 heterocycles. The van der Waals surface area contributed by atoms with Gasteiger partial charge in [0.1, 0.15) is 0 Å². The first-order valence-corrected chi connectivity index (χ1v) is 4.31. The predicted molar refractivity (Wildman–Crippen MR) is 50.0 cm³/mol. The smallest absolute Gasteiger partial charge is 0.0679 e. The summed E-state index contributed by atoms with van der Waals surface area (Å²) in [7, 11) is 3.10. The van der Waals surface area contributed by atoms with Crippen molar-refractivity contribution in [1.29, 1.82) is 0 Å². The highest BCUT2D eigenvalue weighted by Gasteiger charge is 1.71. The average molecular weight is 199 g/mol. The Labute approximate surface area is 77.3 Å². The van der Waals surface area contributed by atoms with E-state index >= 15 is 0 Å². The van der Waals surface area contributed by atoms with E-state index in [0.29, 0.717) is 0 Å². The molecule has 1 unspecified atom stereocenters. The summed E-state index contributed by atoms with van der Waals surface area (Å²) in [6.07, 6.45) is 1.07. The van der Waals surface area contributed by atoms with E-state index in [4.69, 9.17) is 4.84 Å². The molecule has 0 aromatic rings. The summed E-state index contributed by atoms with van der Waals surface area (Å²) >= 11 is -2.07. The number of rotatable bonds is 4. The van der Waals surface area contributed by atoms with Crippen LogP contribution in [0.15, 0.2) is 0 Å². The van der Waals surface area contributed by atoms with Gasteiger partial charge in [-0.25, -0.2) is 5.48 Å². The lowest BCUT2D eigenvalue weighted by atomic mass is 10.5. The third kappa shape index (κ3) is 32.4. The van der Waals surface area contributed by atoms with Gasteiger partial charge in [-0.2, -0.15) is 0 Å². The molecule has 0 radical (unpaired) electrons. The maximum atomic E-state index is 9.26. The molecule has 6 heteroatoms. The second-order valence-electron chi connectivity index (χ2n) is 1.49. The van der Waals surface area contributed by atoms with Crippen molar-refractivity contribution in [3.63, 3.8) is 0 Å². The van der Waals surface area contributed by atoms with Crippen LogP contribution in [0.4, 0.5) is 0 Å². The van der Waals surface area contributed by atoms with E-state index < -0.39 is 11.3 Å². The molecule has 2 N–H and O–H groups in total. The largest absolute Gasteiger partial charge is 0.760 e. The molecule has 0 aliphatic heterocycles. The summed E-state index contributed by atoms with van der Waals surface area (Å²) in [5.41, 5.74) is 2.57. The second kappa shape index (κ2) is 17.2. The van der Waals surface area contributed by atoms with Crippen molar-refractivity contribution in [3.05, 3.63) is 0 Å². The van der Waals surface area contributed by atoms with Crippen LogP contribution in [0.3, 0.4) is 0 Å². The standard InChI is InChI=1S/C4H11NO.CH5NO2S.CH4/c1-3-4-6-5-2;1-2-5(3)4;/h5H,3-4H2,1-2H3;2H,1H3,(H,3,4);1H4/p-1. The minimum absolute atomic E-state index is 0. The van der Waals surface area contributed by atoms with Crippen LogP contribution >= 0.6 is 0 Å². The van der Waals surface area contributed by atoms with Crippen LogP contribution in [0.1, 0.15) is 20.8 Å². The average Bonchev–Trinajstić information content (AvgIpc) is 2.02. The van der Waals surface area contributed by atoms with Crippen LogP contribution in [0.2, 0.25) is 0 Å². The lowest BCUT2D eigenvalue weighted by Crippen LogP contribution is -2.07. The lowest BCUT2D eigenvalue weighted by molar-refractivity contribution is 0.0585. The number of hydrogen-bond acceptors (Lipinski definition) is 4. The lowest BCUT2D eigenvalue weighted by Gasteiger charge is -1.95. The van der Waals surface area contributed by atoms with E-state index in [1.54, 1.807) is 7.05 Å². The fraction of sp³-hybridized carbons (Fsp3) is 1.00. The predicted octanol–water partition coefficient (Wildman–Crippen LogP) is 0.183. The summed E-state index contributed by atoms with van der Waals surface area (Å²) in [6, 6.07) is 0. The minimum Gasteiger partial charge on any atom is -0.760 e. The van der Waals surface area contributed by atoms with Crippen LogP contribution in [0.25, 0.3) is 0 Å². The highest BCUT2D eigenvalue weighted by Crippen LogP contribution is 1.70. The molecule has 0 rings (SSSR count). The van der Waals surface area contributed by atoms with Crippen molar-refractivity contribution in [2.45, 2.75) is 20.8 Å². The Bertz CT molecular complexity index is 88.9. The summed E-state index contributed by atoms with van der Waals surface area (Å²) in [5, 5.41) is 0. The first-order chi connectivity index (χ1) is 5.18. The highest BCUT2D eigenvalue weighted by atomic mass is 32.2. The van der Waals surface area contributed by atoms with E-state index in [9.17, 15) is 8.76 Å². The van der Waals surface area contributed by atoms with E-state index in [0.717, 1.165) is 13.0 Å². The van der Waals surface area contributed by atoms with Gasteiger partial charge in [0.05, 0.1) is 6.61 Å². The molecule has 0 bridgehead atoms. The van der Waals surface area contributed by atoms with Crippen molar-refractivity contribution in [1.82, 2.24) is 10.2 Å². The van der Waals surface area contributed by atoms with Gasteiger partial charge in [-0.15, -0.1) is 0 Å².